The van der Waals surface area contributed by atoms with Crippen LogP contribution in [-0.2, 0) is 13.2 Å². The molecular formula is C14H17N3O. The number of hydrogen-bond donors (Lipinski definition) is 1. The molecular weight excluding hydrogens is 226 g/mol. The Bertz CT molecular complexity index is 470. The van der Waals surface area contributed by atoms with Crippen LogP contribution in [0, 0.1) is 0 Å². The van der Waals surface area contributed by atoms with E-state index in [-0.39, 0.29) is 6.61 Å². The van der Waals surface area contributed by atoms with E-state index < -0.39 is 0 Å². The van der Waals surface area contributed by atoms with Crippen molar-refractivity contribution in [1.29, 1.82) is 0 Å². The molecule has 0 radical (unpaired) electrons. The van der Waals surface area contributed by atoms with Crippen LogP contribution in [0.5, 0.6) is 0 Å². The van der Waals surface area contributed by atoms with Crippen LogP contribution in [0.2, 0.25) is 0 Å². The molecule has 4 heteroatoms. The summed E-state index contributed by atoms with van der Waals surface area (Å²) in [6.45, 7) is 3.82. The van der Waals surface area contributed by atoms with Crippen LogP contribution in [0.15, 0.2) is 42.9 Å². The van der Waals surface area contributed by atoms with Crippen molar-refractivity contribution < 1.29 is 5.11 Å². The molecule has 0 aliphatic carbocycles. The van der Waals surface area contributed by atoms with E-state index in [1.807, 2.05) is 24.3 Å². The lowest BCUT2D eigenvalue weighted by atomic mass is 10.2. The lowest BCUT2D eigenvalue weighted by molar-refractivity contribution is 0.281. The van der Waals surface area contributed by atoms with Gasteiger partial charge < -0.3 is 10.0 Å². The van der Waals surface area contributed by atoms with Gasteiger partial charge >= 0.3 is 0 Å². The van der Waals surface area contributed by atoms with Crippen LogP contribution in [-0.4, -0.2) is 21.6 Å². The molecule has 0 aliphatic heterocycles. The fourth-order valence-corrected chi connectivity index (χ4v) is 1.76. The minimum atomic E-state index is 0.0315. The van der Waals surface area contributed by atoms with Gasteiger partial charge in [-0.25, -0.2) is 4.98 Å². The van der Waals surface area contributed by atoms with Crippen LogP contribution in [0.1, 0.15) is 18.1 Å². The van der Waals surface area contributed by atoms with E-state index in [4.69, 9.17) is 5.11 Å². The molecule has 1 N–H and O–H groups in total. The molecule has 2 heterocycles. The minimum absolute atomic E-state index is 0.0315. The maximum absolute atomic E-state index is 9.00. The third kappa shape index (κ3) is 3.05. The molecule has 0 amide bonds. The summed E-state index contributed by atoms with van der Waals surface area (Å²) in [4.78, 5) is 10.6. The number of aliphatic hydroxyl groups is 1. The molecule has 2 aromatic rings. The molecule has 0 atom stereocenters. The molecule has 0 saturated carbocycles. The Morgan fingerprint density at radius 3 is 2.44 bits per heavy atom. The van der Waals surface area contributed by atoms with Crippen molar-refractivity contribution in [3.05, 3.63) is 54.0 Å². The minimum Gasteiger partial charge on any atom is -0.392 e. The Labute approximate surface area is 107 Å². The van der Waals surface area contributed by atoms with Crippen LogP contribution < -0.4 is 4.90 Å². The lowest BCUT2D eigenvalue weighted by Gasteiger charge is -2.22. The molecule has 4 nitrogen and oxygen atoms in total. The maximum Gasteiger partial charge on any atom is 0.128 e. The lowest BCUT2D eigenvalue weighted by Crippen LogP contribution is -2.23. The number of aliphatic hydroxyl groups excluding tert-OH is 1. The van der Waals surface area contributed by atoms with E-state index in [1.165, 1.54) is 5.56 Å². The van der Waals surface area contributed by atoms with Gasteiger partial charge in [-0.15, -0.1) is 0 Å². The molecule has 0 unspecified atom stereocenters. The van der Waals surface area contributed by atoms with Crippen molar-refractivity contribution in [2.24, 2.45) is 0 Å². The van der Waals surface area contributed by atoms with Gasteiger partial charge in [-0.05, 0) is 36.2 Å². The summed E-state index contributed by atoms with van der Waals surface area (Å²) in [7, 11) is 0. The van der Waals surface area contributed by atoms with Gasteiger partial charge in [-0.3, -0.25) is 4.98 Å². The molecule has 94 valence electrons. The van der Waals surface area contributed by atoms with Crippen molar-refractivity contribution in [3.8, 4) is 0 Å². The van der Waals surface area contributed by atoms with Gasteiger partial charge in [0.1, 0.15) is 5.82 Å². The van der Waals surface area contributed by atoms with Crippen molar-refractivity contribution in [1.82, 2.24) is 9.97 Å². The summed E-state index contributed by atoms with van der Waals surface area (Å²) in [5.41, 5.74) is 2.04. The summed E-state index contributed by atoms with van der Waals surface area (Å²) < 4.78 is 0. The van der Waals surface area contributed by atoms with Crippen molar-refractivity contribution in [2.45, 2.75) is 20.1 Å². The Kier molecular flexibility index (Phi) is 4.25. The van der Waals surface area contributed by atoms with E-state index in [2.05, 4.69) is 21.8 Å². The SMILES string of the molecule is CCN(Cc1ccncc1)c1ccc(CO)cn1. The van der Waals surface area contributed by atoms with E-state index in [1.54, 1.807) is 18.6 Å². The van der Waals surface area contributed by atoms with Crippen LogP contribution in [0.25, 0.3) is 0 Å². The molecule has 2 rings (SSSR count). The first-order valence-corrected chi connectivity index (χ1v) is 6.03. The van der Waals surface area contributed by atoms with Crippen molar-refractivity contribution in [3.63, 3.8) is 0 Å². The summed E-state index contributed by atoms with van der Waals surface area (Å²) in [5, 5.41) is 9.00. The summed E-state index contributed by atoms with van der Waals surface area (Å²) in [6.07, 6.45) is 5.31. The predicted octanol–water partition coefficient (Wildman–Crippen LogP) is 2.00. The van der Waals surface area contributed by atoms with Gasteiger partial charge in [-0.1, -0.05) is 6.07 Å². The zero-order valence-corrected chi connectivity index (χ0v) is 10.5. The molecule has 0 fully saturated rings. The third-order valence-corrected chi connectivity index (χ3v) is 2.82. The van der Waals surface area contributed by atoms with Gasteiger partial charge in [0.05, 0.1) is 6.61 Å². The zero-order chi connectivity index (χ0) is 12.8. The number of aromatic nitrogens is 2. The smallest absolute Gasteiger partial charge is 0.128 e. The monoisotopic (exact) mass is 243 g/mol. The first kappa shape index (κ1) is 12.5. The fourth-order valence-electron chi connectivity index (χ4n) is 1.76. The highest BCUT2D eigenvalue weighted by atomic mass is 16.3. The molecule has 0 bridgehead atoms. The molecule has 0 aromatic carbocycles. The van der Waals surface area contributed by atoms with Crippen LogP contribution >= 0.6 is 0 Å². The Balaban J connectivity index is 2.12. The number of rotatable bonds is 5. The van der Waals surface area contributed by atoms with Crippen LogP contribution in [0.4, 0.5) is 5.82 Å². The standard InChI is InChI=1S/C14H17N3O/c1-2-17(10-12-5-7-15-8-6-12)14-4-3-13(11-18)9-16-14/h3-9,18H,2,10-11H2,1H3. The molecule has 0 aliphatic rings. The first-order chi connectivity index (χ1) is 8.83. The van der Waals surface area contributed by atoms with Gasteiger partial charge in [-0.2, -0.15) is 0 Å². The van der Waals surface area contributed by atoms with E-state index in [0.717, 1.165) is 24.5 Å². The van der Waals surface area contributed by atoms with Crippen molar-refractivity contribution >= 4 is 5.82 Å². The topological polar surface area (TPSA) is 49.2 Å². The molecule has 0 saturated heterocycles. The van der Waals surface area contributed by atoms with Gasteiger partial charge in [0.15, 0.2) is 0 Å². The number of anilines is 1. The normalized spacial score (nSPS) is 10.3. The molecule has 0 spiro atoms. The Morgan fingerprint density at radius 2 is 1.89 bits per heavy atom. The highest BCUT2D eigenvalue weighted by molar-refractivity contribution is 5.40. The second-order valence-corrected chi connectivity index (χ2v) is 4.05. The van der Waals surface area contributed by atoms with Gasteiger partial charge in [0, 0.05) is 31.7 Å². The van der Waals surface area contributed by atoms with Gasteiger partial charge in [0.25, 0.3) is 0 Å². The van der Waals surface area contributed by atoms with E-state index in [0.29, 0.717) is 0 Å². The molecule has 18 heavy (non-hydrogen) atoms. The van der Waals surface area contributed by atoms with Crippen LogP contribution in [0.3, 0.4) is 0 Å². The predicted molar refractivity (Wildman–Crippen MR) is 71.1 cm³/mol. The average Bonchev–Trinajstić information content (AvgIpc) is 2.46. The fraction of sp³-hybridized carbons (Fsp3) is 0.286. The average molecular weight is 243 g/mol. The number of pyridine rings is 2. The second-order valence-electron chi connectivity index (χ2n) is 4.05. The van der Waals surface area contributed by atoms with Gasteiger partial charge in [0.2, 0.25) is 0 Å². The summed E-state index contributed by atoms with van der Waals surface area (Å²) >= 11 is 0. The first-order valence-electron chi connectivity index (χ1n) is 6.03. The highest BCUT2D eigenvalue weighted by Gasteiger charge is 2.06. The summed E-state index contributed by atoms with van der Waals surface area (Å²) in [5.74, 6) is 0.923. The maximum atomic E-state index is 9.00. The Hall–Kier alpha value is -1.94. The third-order valence-electron chi connectivity index (χ3n) is 2.82. The summed E-state index contributed by atoms with van der Waals surface area (Å²) in [6, 6.07) is 7.85. The molecule has 2 aromatic heterocycles. The Morgan fingerprint density at radius 1 is 1.11 bits per heavy atom. The number of hydrogen-bond acceptors (Lipinski definition) is 4. The van der Waals surface area contributed by atoms with E-state index >= 15 is 0 Å². The largest absolute Gasteiger partial charge is 0.392 e. The van der Waals surface area contributed by atoms with E-state index in [9.17, 15) is 0 Å². The quantitative estimate of drug-likeness (QED) is 0.872. The zero-order valence-electron chi connectivity index (χ0n) is 10.5. The van der Waals surface area contributed by atoms with Crippen molar-refractivity contribution in [2.75, 3.05) is 11.4 Å². The highest BCUT2D eigenvalue weighted by Crippen LogP contribution is 2.14. The second kappa shape index (κ2) is 6.12. The number of nitrogens with zero attached hydrogens (tertiary/aromatic N) is 3.